The number of unbranched alkanes of at least 4 members (excludes halogenated alkanes) is 1. The van der Waals surface area contributed by atoms with Crippen LogP contribution in [-0.2, 0) is 16.8 Å². The average Bonchev–Trinajstić information content (AvgIpc) is 2.49. The lowest BCUT2D eigenvalue weighted by Crippen LogP contribution is -1.94. The van der Waals surface area contributed by atoms with Crippen molar-refractivity contribution in [3.63, 3.8) is 0 Å². The molecule has 4 nitrogen and oxygen atoms in total. The molecule has 0 bridgehead atoms. The van der Waals surface area contributed by atoms with Gasteiger partial charge in [0.2, 0.25) is 10.3 Å². The van der Waals surface area contributed by atoms with Crippen LogP contribution in [0.5, 0.6) is 0 Å². The minimum atomic E-state index is -2.01. The fourth-order valence-corrected chi connectivity index (χ4v) is 1.23. The lowest BCUT2D eigenvalue weighted by Gasteiger charge is -1.96. The molecule has 0 aromatic carbocycles. The first kappa shape index (κ1) is 8.99. The van der Waals surface area contributed by atoms with E-state index in [2.05, 4.69) is 4.98 Å². The van der Waals surface area contributed by atoms with Crippen molar-refractivity contribution in [3.8, 4) is 0 Å². The first-order valence-electron chi connectivity index (χ1n) is 3.66. The van der Waals surface area contributed by atoms with Crippen LogP contribution in [-0.4, -0.2) is 23.3 Å². The Morgan fingerprint density at radius 1 is 1.50 bits per heavy atom. The van der Waals surface area contributed by atoms with Crippen LogP contribution in [0.25, 0.3) is 0 Å². The van der Waals surface area contributed by atoms with Gasteiger partial charge < -0.3 is 4.57 Å². The molecular formula is C7H10N2O2S. The largest absolute Gasteiger partial charge is 0.337 e. The van der Waals surface area contributed by atoms with Gasteiger partial charge in [-0.2, -0.15) is 8.42 Å². The molecule has 66 valence electrons. The van der Waals surface area contributed by atoms with Crippen LogP contribution in [0, 0.1) is 0 Å². The van der Waals surface area contributed by atoms with Crippen LogP contribution >= 0.6 is 0 Å². The Bertz CT molecular complexity index is 331. The summed E-state index contributed by atoms with van der Waals surface area (Å²) in [6.07, 6.45) is 6.69. The molecule has 0 fully saturated rings. The number of hydrogen-bond donors (Lipinski definition) is 0. The van der Waals surface area contributed by atoms with Crippen LogP contribution in [0.15, 0.2) is 18.7 Å². The maximum absolute atomic E-state index is 10.1. The third-order valence-electron chi connectivity index (χ3n) is 1.43. The summed E-state index contributed by atoms with van der Waals surface area (Å²) in [5, 5.41) is 1.27. The van der Waals surface area contributed by atoms with Crippen molar-refractivity contribution in [1.82, 2.24) is 9.55 Å². The summed E-state index contributed by atoms with van der Waals surface area (Å²) in [6.45, 7) is 0.813. The molecule has 0 spiro atoms. The summed E-state index contributed by atoms with van der Waals surface area (Å²) >= 11 is 0. The zero-order valence-corrected chi connectivity index (χ0v) is 7.37. The highest BCUT2D eigenvalue weighted by Crippen LogP contribution is 1.92. The summed E-state index contributed by atoms with van der Waals surface area (Å²) in [5.41, 5.74) is 0. The molecule has 1 heterocycles. The Morgan fingerprint density at radius 2 is 2.33 bits per heavy atom. The van der Waals surface area contributed by atoms with Crippen LogP contribution < -0.4 is 0 Å². The van der Waals surface area contributed by atoms with E-state index in [1.807, 2.05) is 10.8 Å². The topological polar surface area (TPSA) is 52.0 Å². The van der Waals surface area contributed by atoms with Crippen molar-refractivity contribution >= 4 is 15.7 Å². The van der Waals surface area contributed by atoms with Crippen molar-refractivity contribution < 1.29 is 8.42 Å². The van der Waals surface area contributed by atoms with Crippen molar-refractivity contribution in [2.24, 2.45) is 0 Å². The number of aromatic nitrogens is 2. The lowest BCUT2D eigenvalue weighted by molar-refractivity contribution is 0.626. The zero-order valence-electron chi connectivity index (χ0n) is 6.55. The molecule has 0 saturated carbocycles. The van der Waals surface area contributed by atoms with Gasteiger partial charge in [-0.15, -0.1) is 0 Å². The van der Waals surface area contributed by atoms with E-state index in [4.69, 9.17) is 0 Å². The number of aryl methyl sites for hydroxylation is 1. The highest BCUT2D eigenvalue weighted by molar-refractivity contribution is 7.71. The van der Waals surface area contributed by atoms with Crippen LogP contribution in [0.1, 0.15) is 12.8 Å². The second-order valence-electron chi connectivity index (χ2n) is 2.37. The van der Waals surface area contributed by atoms with Gasteiger partial charge in [0.1, 0.15) is 0 Å². The number of nitrogens with zero attached hydrogens (tertiary/aromatic N) is 2. The Hall–Kier alpha value is -1.10. The standard InChI is InChI=1S/C7H10N2O2S/c10-12(11)6-2-1-4-9-5-3-8-7-9/h3,5-7H,1-2,4H2. The van der Waals surface area contributed by atoms with E-state index in [0.29, 0.717) is 6.42 Å². The van der Waals surface area contributed by atoms with E-state index in [9.17, 15) is 8.42 Å². The highest BCUT2D eigenvalue weighted by atomic mass is 32.2. The zero-order chi connectivity index (χ0) is 8.81. The Morgan fingerprint density at radius 3 is 2.92 bits per heavy atom. The van der Waals surface area contributed by atoms with E-state index in [1.165, 1.54) is 5.37 Å². The third-order valence-corrected chi connectivity index (χ3v) is 1.94. The van der Waals surface area contributed by atoms with E-state index in [1.54, 1.807) is 12.5 Å². The predicted octanol–water partition coefficient (Wildman–Crippen LogP) is 0.345. The maximum Gasteiger partial charge on any atom is 0.209 e. The fourth-order valence-electron chi connectivity index (χ4n) is 0.872. The normalized spacial score (nSPS) is 9.67. The smallest absolute Gasteiger partial charge is 0.209 e. The second-order valence-corrected chi connectivity index (χ2v) is 3.22. The molecule has 0 radical (unpaired) electrons. The number of rotatable bonds is 4. The molecule has 1 aromatic heterocycles. The minimum absolute atomic E-state index is 0.592. The van der Waals surface area contributed by atoms with Gasteiger partial charge in [-0.05, 0) is 12.8 Å². The van der Waals surface area contributed by atoms with Gasteiger partial charge in [-0.1, -0.05) is 0 Å². The number of hydrogen-bond acceptors (Lipinski definition) is 3. The van der Waals surface area contributed by atoms with Crippen molar-refractivity contribution in [2.45, 2.75) is 19.4 Å². The average molecular weight is 186 g/mol. The van der Waals surface area contributed by atoms with Gasteiger partial charge in [-0.25, -0.2) is 4.98 Å². The van der Waals surface area contributed by atoms with E-state index < -0.39 is 10.3 Å². The summed E-state index contributed by atoms with van der Waals surface area (Å²) in [4.78, 5) is 3.87. The van der Waals surface area contributed by atoms with E-state index in [-0.39, 0.29) is 0 Å². The molecule has 0 aliphatic rings. The molecule has 0 aliphatic carbocycles. The molecule has 12 heavy (non-hydrogen) atoms. The summed E-state index contributed by atoms with van der Waals surface area (Å²) in [5.74, 6) is 0. The third kappa shape index (κ3) is 3.34. The second kappa shape index (κ2) is 4.71. The lowest BCUT2D eigenvalue weighted by atomic mass is 10.3. The molecule has 0 unspecified atom stereocenters. The van der Waals surface area contributed by atoms with Gasteiger partial charge >= 0.3 is 0 Å². The Labute approximate surface area is 72.4 Å². The maximum atomic E-state index is 10.1. The molecule has 1 aromatic rings. The monoisotopic (exact) mass is 186 g/mol. The van der Waals surface area contributed by atoms with Crippen LogP contribution in [0.3, 0.4) is 0 Å². The molecule has 5 heteroatoms. The minimum Gasteiger partial charge on any atom is -0.337 e. The van der Waals surface area contributed by atoms with Gasteiger partial charge in [0.25, 0.3) is 0 Å². The van der Waals surface area contributed by atoms with Crippen molar-refractivity contribution in [3.05, 3.63) is 18.7 Å². The van der Waals surface area contributed by atoms with Gasteiger partial charge in [0, 0.05) is 24.3 Å². The molecule has 0 saturated heterocycles. The highest BCUT2D eigenvalue weighted by Gasteiger charge is 1.88. The van der Waals surface area contributed by atoms with Crippen LogP contribution in [0.4, 0.5) is 0 Å². The molecule has 0 atom stereocenters. The summed E-state index contributed by atoms with van der Waals surface area (Å²) in [6, 6.07) is 0. The molecule has 0 aliphatic heterocycles. The number of imidazole rings is 1. The Kier molecular flexibility index (Phi) is 3.53. The summed E-state index contributed by atoms with van der Waals surface area (Å²) in [7, 11) is -2.01. The Balaban J connectivity index is 2.24. The summed E-state index contributed by atoms with van der Waals surface area (Å²) < 4.78 is 22.1. The van der Waals surface area contributed by atoms with Gasteiger partial charge in [-0.3, -0.25) is 0 Å². The molecular weight excluding hydrogens is 176 g/mol. The predicted molar refractivity (Wildman–Crippen MR) is 46.4 cm³/mol. The SMILES string of the molecule is O=S(=O)=CCCCn1ccnc1. The van der Waals surface area contributed by atoms with Crippen molar-refractivity contribution in [1.29, 1.82) is 0 Å². The fraction of sp³-hybridized carbons (Fsp3) is 0.429. The quantitative estimate of drug-likeness (QED) is 0.503. The van der Waals surface area contributed by atoms with E-state index >= 15 is 0 Å². The van der Waals surface area contributed by atoms with Crippen molar-refractivity contribution in [2.75, 3.05) is 0 Å². The van der Waals surface area contributed by atoms with E-state index in [0.717, 1.165) is 13.0 Å². The molecule has 1 rings (SSSR count). The van der Waals surface area contributed by atoms with Crippen LogP contribution in [0.2, 0.25) is 0 Å². The van der Waals surface area contributed by atoms with Gasteiger partial charge in [0.15, 0.2) is 0 Å². The first-order valence-corrected chi connectivity index (χ1v) is 4.80. The molecule has 0 amide bonds. The first-order chi connectivity index (χ1) is 5.79. The van der Waals surface area contributed by atoms with Gasteiger partial charge in [0.05, 0.1) is 6.33 Å². The molecule has 0 N–H and O–H groups in total.